The molecule has 0 saturated carbocycles. The highest BCUT2D eigenvalue weighted by molar-refractivity contribution is 6.39. The van der Waals surface area contributed by atoms with E-state index in [-0.39, 0.29) is 12.8 Å². The minimum absolute atomic E-state index is 0.0556. The molecule has 0 saturated heterocycles. The summed E-state index contributed by atoms with van der Waals surface area (Å²) < 4.78 is 9.18. The van der Waals surface area contributed by atoms with Gasteiger partial charge in [-0.25, -0.2) is 4.79 Å². The van der Waals surface area contributed by atoms with Gasteiger partial charge in [-0.1, -0.05) is 47.5 Å². The summed E-state index contributed by atoms with van der Waals surface area (Å²) >= 11 is 12.4. The normalized spacial score (nSPS) is 11.3. The van der Waals surface area contributed by atoms with E-state index in [4.69, 9.17) is 23.2 Å². The van der Waals surface area contributed by atoms with Crippen molar-refractivity contribution in [3.05, 3.63) is 58.1 Å². The van der Waals surface area contributed by atoms with Gasteiger partial charge >= 0.3 is 11.9 Å². The van der Waals surface area contributed by atoms with Gasteiger partial charge in [-0.2, -0.15) is 0 Å². The zero-order chi connectivity index (χ0) is 21.4. The molecule has 0 spiro atoms. The number of ether oxygens (including phenoxy) is 2. The van der Waals surface area contributed by atoms with Crippen LogP contribution in [0.1, 0.15) is 12.0 Å². The van der Waals surface area contributed by atoms with E-state index in [2.05, 4.69) is 20.1 Å². The zero-order valence-electron chi connectivity index (χ0n) is 15.8. The number of amides is 1. The summed E-state index contributed by atoms with van der Waals surface area (Å²) in [5, 5.41) is 6.50. The van der Waals surface area contributed by atoms with Crippen molar-refractivity contribution in [3.8, 4) is 0 Å². The van der Waals surface area contributed by atoms with Gasteiger partial charge in [0.1, 0.15) is 6.04 Å². The molecule has 0 fully saturated rings. The Morgan fingerprint density at radius 2 is 1.62 bits per heavy atom. The van der Waals surface area contributed by atoms with Crippen molar-refractivity contribution in [1.82, 2.24) is 5.32 Å². The molecule has 0 aliphatic carbocycles. The average Bonchev–Trinajstić information content (AvgIpc) is 2.70. The Bertz CT molecular complexity index is 884. The molecule has 1 amide bonds. The van der Waals surface area contributed by atoms with Crippen LogP contribution in [0, 0.1) is 0 Å². The van der Waals surface area contributed by atoms with Gasteiger partial charge in [-0.15, -0.1) is 0 Å². The number of methoxy groups -OCH3 is 2. The molecule has 2 N–H and O–H groups in total. The smallest absolute Gasteiger partial charge is 0.328 e. The molecule has 154 valence electrons. The minimum atomic E-state index is -1.14. The first kappa shape index (κ1) is 22.5. The summed E-state index contributed by atoms with van der Waals surface area (Å²) in [5.41, 5.74) is 1.78. The van der Waals surface area contributed by atoms with Crippen molar-refractivity contribution in [2.24, 2.45) is 0 Å². The standard InChI is InChI=1S/C20H20Cl2N2O5/c1-28-18(26)11-16(20(27)29-2)23-17(25)10-12-6-3-4-9-15(12)24-19-13(21)7-5-8-14(19)22/h3-9,16,24H,10-11H2,1-2H3,(H,23,25)/t16-/m0/s1. The van der Waals surface area contributed by atoms with Crippen LogP contribution in [0.15, 0.2) is 42.5 Å². The molecule has 2 aromatic carbocycles. The van der Waals surface area contributed by atoms with Gasteiger partial charge in [0.2, 0.25) is 5.91 Å². The zero-order valence-corrected chi connectivity index (χ0v) is 17.3. The summed E-state index contributed by atoms with van der Waals surface area (Å²) in [6, 6.07) is 11.1. The van der Waals surface area contributed by atoms with Gasteiger partial charge in [-0.3, -0.25) is 9.59 Å². The van der Waals surface area contributed by atoms with Gasteiger partial charge in [0.25, 0.3) is 0 Å². The van der Waals surface area contributed by atoms with Crippen molar-refractivity contribution < 1.29 is 23.9 Å². The van der Waals surface area contributed by atoms with E-state index in [0.29, 0.717) is 27.0 Å². The molecule has 0 radical (unpaired) electrons. The summed E-state index contributed by atoms with van der Waals surface area (Å²) in [7, 11) is 2.37. The van der Waals surface area contributed by atoms with Crippen molar-refractivity contribution >= 4 is 52.4 Å². The third-order valence-electron chi connectivity index (χ3n) is 4.01. The molecule has 0 aromatic heterocycles. The number of carbonyl (C=O) groups excluding carboxylic acids is 3. The van der Waals surface area contributed by atoms with Crippen LogP contribution in [0.5, 0.6) is 0 Å². The molecule has 9 heteroatoms. The summed E-state index contributed by atoms with van der Waals surface area (Å²) in [6.07, 6.45) is -0.385. The number of benzene rings is 2. The van der Waals surface area contributed by atoms with E-state index in [1.807, 2.05) is 0 Å². The molecule has 0 unspecified atom stereocenters. The topological polar surface area (TPSA) is 93.7 Å². The van der Waals surface area contributed by atoms with Crippen LogP contribution in [0.3, 0.4) is 0 Å². The highest BCUT2D eigenvalue weighted by Gasteiger charge is 2.25. The lowest BCUT2D eigenvalue weighted by Crippen LogP contribution is -2.43. The van der Waals surface area contributed by atoms with Crippen LogP contribution in [-0.2, 0) is 30.3 Å². The first-order valence-electron chi connectivity index (χ1n) is 8.58. The fraction of sp³-hybridized carbons (Fsp3) is 0.250. The highest BCUT2D eigenvalue weighted by Crippen LogP contribution is 2.33. The summed E-state index contributed by atoms with van der Waals surface area (Å²) in [6.45, 7) is 0. The molecule has 0 aliphatic heterocycles. The summed E-state index contributed by atoms with van der Waals surface area (Å²) in [5.74, 6) is -1.85. The minimum Gasteiger partial charge on any atom is -0.469 e. The Hall–Kier alpha value is -2.77. The van der Waals surface area contributed by atoms with E-state index in [9.17, 15) is 14.4 Å². The van der Waals surface area contributed by atoms with Gasteiger partial charge in [-0.05, 0) is 23.8 Å². The molecule has 0 bridgehead atoms. The third kappa shape index (κ3) is 6.37. The van der Waals surface area contributed by atoms with E-state index < -0.39 is 23.9 Å². The molecule has 29 heavy (non-hydrogen) atoms. The van der Waals surface area contributed by atoms with E-state index in [0.717, 1.165) is 0 Å². The lowest BCUT2D eigenvalue weighted by Gasteiger charge is -2.17. The SMILES string of the molecule is COC(=O)C[C@H](NC(=O)Cc1ccccc1Nc1c(Cl)cccc1Cl)C(=O)OC. The lowest BCUT2D eigenvalue weighted by molar-refractivity contribution is -0.150. The number of esters is 2. The van der Waals surface area contributed by atoms with Gasteiger partial charge in [0, 0.05) is 5.69 Å². The molecule has 0 heterocycles. The lowest BCUT2D eigenvalue weighted by atomic mass is 10.1. The number of nitrogens with one attached hydrogen (secondary N) is 2. The fourth-order valence-corrected chi connectivity index (χ4v) is 3.04. The van der Waals surface area contributed by atoms with Crippen LogP contribution in [0.25, 0.3) is 0 Å². The Kier molecular flexibility index (Phi) is 8.30. The van der Waals surface area contributed by atoms with Crippen LogP contribution in [-0.4, -0.2) is 38.1 Å². The predicted octanol–water partition coefficient (Wildman–Crippen LogP) is 3.50. The van der Waals surface area contributed by atoms with E-state index >= 15 is 0 Å². The maximum Gasteiger partial charge on any atom is 0.328 e. The largest absolute Gasteiger partial charge is 0.469 e. The molecule has 2 rings (SSSR count). The fourth-order valence-electron chi connectivity index (χ4n) is 2.55. The Morgan fingerprint density at radius 3 is 2.24 bits per heavy atom. The van der Waals surface area contributed by atoms with Crippen molar-refractivity contribution in [1.29, 1.82) is 0 Å². The van der Waals surface area contributed by atoms with E-state index in [1.54, 1.807) is 42.5 Å². The van der Waals surface area contributed by atoms with Crippen LogP contribution < -0.4 is 10.6 Å². The maximum absolute atomic E-state index is 12.5. The first-order chi connectivity index (χ1) is 13.8. The number of rotatable bonds is 8. The first-order valence-corrected chi connectivity index (χ1v) is 9.34. The highest BCUT2D eigenvalue weighted by atomic mass is 35.5. The quantitative estimate of drug-likeness (QED) is 0.612. The Balaban J connectivity index is 2.16. The Morgan fingerprint density at radius 1 is 0.966 bits per heavy atom. The second-order valence-corrected chi connectivity index (χ2v) is 6.79. The maximum atomic E-state index is 12.5. The predicted molar refractivity (Wildman–Crippen MR) is 110 cm³/mol. The molecule has 0 aliphatic rings. The van der Waals surface area contributed by atoms with Gasteiger partial charge < -0.3 is 20.1 Å². The monoisotopic (exact) mass is 438 g/mol. The molecular weight excluding hydrogens is 419 g/mol. The van der Waals surface area contributed by atoms with E-state index in [1.165, 1.54) is 14.2 Å². The van der Waals surface area contributed by atoms with Crippen LogP contribution in [0.4, 0.5) is 11.4 Å². The number of para-hydroxylation sites is 2. The van der Waals surface area contributed by atoms with Crippen LogP contribution >= 0.6 is 23.2 Å². The average molecular weight is 439 g/mol. The third-order valence-corrected chi connectivity index (χ3v) is 4.64. The van der Waals surface area contributed by atoms with Gasteiger partial charge in [0.05, 0.1) is 42.8 Å². The molecule has 7 nitrogen and oxygen atoms in total. The number of halogens is 2. The molecular formula is C20H20Cl2N2O5. The van der Waals surface area contributed by atoms with Crippen LogP contribution in [0.2, 0.25) is 10.0 Å². The second kappa shape index (κ2) is 10.7. The molecule has 1 atom stereocenters. The number of hydrogen-bond donors (Lipinski definition) is 2. The van der Waals surface area contributed by atoms with Crippen molar-refractivity contribution in [3.63, 3.8) is 0 Å². The molecule has 2 aromatic rings. The number of hydrogen-bond acceptors (Lipinski definition) is 6. The number of anilines is 2. The van der Waals surface area contributed by atoms with Crippen molar-refractivity contribution in [2.45, 2.75) is 18.9 Å². The summed E-state index contributed by atoms with van der Waals surface area (Å²) in [4.78, 5) is 35.8. The number of carbonyl (C=O) groups is 3. The van der Waals surface area contributed by atoms with Gasteiger partial charge in [0.15, 0.2) is 0 Å². The Labute approximate surface area is 178 Å². The second-order valence-electron chi connectivity index (χ2n) is 5.98. The van der Waals surface area contributed by atoms with Crippen molar-refractivity contribution in [2.75, 3.05) is 19.5 Å².